The number of allylic oxidation sites excluding steroid dienone is 2. The molecule has 2 aromatic carbocycles. The summed E-state index contributed by atoms with van der Waals surface area (Å²) in [6, 6.07) is 15.3. The van der Waals surface area contributed by atoms with Crippen LogP contribution in [0.4, 0.5) is 0 Å². The summed E-state index contributed by atoms with van der Waals surface area (Å²) in [6.07, 6.45) is 4.93. The first-order chi connectivity index (χ1) is 11.1. The Labute approximate surface area is 138 Å². The number of hydrogen-bond donors (Lipinski definition) is 1. The van der Waals surface area contributed by atoms with Gasteiger partial charge in [-0.1, -0.05) is 48.0 Å². The third kappa shape index (κ3) is 3.71. The monoisotopic (exact) mass is 327 g/mol. The number of nitrogens with one attached hydrogen (secondary N) is 1. The second-order valence-corrected chi connectivity index (χ2v) is 7.67. The smallest absolute Gasteiger partial charge is 0.211 e. The first-order valence-electron chi connectivity index (χ1n) is 7.90. The van der Waals surface area contributed by atoms with Gasteiger partial charge in [0.2, 0.25) is 10.0 Å². The van der Waals surface area contributed by atoms with Crippen molar-refractivity contribution in [2.75, 3.05) is 6.54 Å². The van der Waals surface area contributed by atoms with Gasteiger partial charge in [-0.15, -0.1) is 0 Å². The predicted molar refractivity (Wildman–Crippen MR) is 93.7 cm³/mol. The molecule has 0 aromatic heterocycles. The van der Waals surface area contributed by atoms with E-state index in [1.807, 2.05) is 19.1 Å². The third-order valence-corrected chi connectivity index (χ3v) is 5.65. The van der Waals surface area contributed by atoms with Crippen LogP contribution in [0.3, 0.4) is 0 Å². The lowest BCUT2D eigenvalue weighted by molar-refractivity contribution is 0.579. The molecule has 1 N–H and O–H groups in total. The van der Waals surface area contributed by atoms with Crippen molar-refractivity contribution >= 4 is 15.6 Å². The molecular weight excluding hydrogens is 306 g/mol. The van der Waals surface area contributed by atoms with Crippen molar-refractivity contribution in [1.82, 2.24) is 4.72 Å². The van der Waals surface area contributed by atoms with Crippen LogP contribution in [0.25, 0.3) is 5.57 Å². The highest BCUT2D eigenvalue weighted by atomic mass is 32.2. The van der Waals surface area contributed by atoms with E-state index < -0.39 is 10.0 Å². The van der Waals surface area contributed by atoms with Gasteiger partial charge in [-0.3, -0.25) is 0 Å². The van der Waals surface area contributed by atoms with Gasteiger partial charge in [0.25, 0.3) is 0 Å². The number of fused-ring (bicyclic) bond motifs is 1. The minimum atomic E-state index is -3.40. The predicted octanol–water partition coefficient (Wildman–Crippen LogP) is 3.69. The zero-order chi connectivity index (χ0) is 16.3. The molecular formula is C19H21NO2S. The second-order valence-electron chi connectivity index (χ2n) is 5.91. The van der Waals surface area contributed by atoms with E-state index in [0.29, 0.717) is 11.4 Å². The molecule has 1 aliphatic rings. The van der Waals surface area contributed by atoms with E-state index in [2.05, 4.69) is 35.1 Å². The molecule has 0 spiro atoms. The molecule has 2 aromatic rings. The summed E-state index contributed by atoms with van der Waals surface area (Å²) < 4.78 is 27.1. The van der Waals surface area contributed by atoms with Gasteiger partial charge in [0, 0.05) is 6.54 Å². The molecule has 0 atom stereocenters. The van der Waals surface area contributed by atoms with Gasteiger partial charge < -0.3 is 0 Å². The lowest BCUT2D eigenvalue weighted by atomic mass is 10.0. The van der Waals surface area contributed by atoms with Gasteiger partial charge in [0.15, 0.2) is 0 Å². The summed E-state index contributed by atoms with van der Waals surface area (Å²) >= 11 is 0. The first kappa shape index (κ1) is 16.0. The Balaban J connectivity index is 1.53. The largest absolute Gasteiger partial charge is 0.240 e. The van der Waals surface area contributed by atoms with Crippen molar-refractivity contribution < 1.29 is 8.42 Å². The Bertz CT molecular complexity index is 821. The van der Waals surface area contributed by atoms with E-state index in [0.717, 1.165) is 24.8 Å². The van der Waals surface area contributed by atoms with Gasteiger partial charge in [0.1, 0.15) is 0 Å². The van der Waals surface area contributed by atoms with Crippen molar-refractivity contribution in [3.8, 4) is 0 Å². The van der Waals surface area contributed by atoms with Crippen LogP contribution in [0, 0.1) is 6.92 Å². The first-order valence-corrected chi connectivity index (χ1v) is 9.38. The van der Waals surface area contributed by atoms with Gasteiger partial charge in [0.05, 0.1) is 4.90 Å². The van der Waals surface area contributed by atoms with E-state index in [1.54, 1.807) is 12.1 Å². The standard InChI is InChI=1S/C19H21NO2S/c1-15-8-12-18(13-9-15)23(21,22)20-14-4-6-17-11-10-16-5-2-3-7-19(16)17/h2-3,5,7-9,11-13,20H,4,6,10,14H2,1H3. The van der Waals surface area contributed by atoms with Crippen molar-refractivity contribution in [2.24, 2.45) is 0 Å². The summed E-state index contributed by atoms with van der Waals surface area (Å²) in [5.41, 5.74) is 5.06. The molecule has 0 heterocycles. The minimum absolute atomic E-state index is 0.327. The second kappa shape index (κ2) is 6.69. The van der Waals surface area contributed by atoms with Gasteiger partial charge >= 0.3 is 0 Å². The quantitative estimate of drug-likeness (QED) is 0.823. The fourth-order valence-electron chi connectivity index (χ4n) is 2.88. The summed E-state index contributed by atoms with van der Waals surface area (Å²) in [6.45, 7) is 2.40. The molecule has 120 valence electrons. The summed E-state index contributed by atoms with van der Waals surface area (Å²) in [7, 11) is -3.40. The molecule has 0 saturated heterocycles. The molecule has 0 unspecified atom stereocenters. The van der Waals surface area contributed by atoms with Crippen molar-refractivity contribution in [2.45, 2.75) is 31.1 Å². The number of sulfonamides is 1. The number of benzene rings is 2. The minimum Gasteiger partial charge on any atom is -0.211 e. The Morgan fingerprint density at radius 1 is 1.04 bits per heavy atom. The van der Waals surface area contributed by atoms with E-state index in [9.17, 15) is 8.42 Å². The van der Waals surface area contributed by atoms with Gasteiger partial charge in [-0.05, 0) is 55.0 Å². The van der Waals surface area contributed by atoms with Crippen LogP contribution in [0.5, 0.6) is 0 Å². The molecule has 0 fully saturated rings. The Morgan fingerprint density at radius 2 is 1.78 bits per heavy atom. The zero-order valence-corrected chi connectivity index (χ0v) is 14.1. The maximum absolute atomic E-state index is 12.2. The fourth-order valence-corrected chi connectivity index (χ4v) is 3.95. The molecule has 3 rings (SSSR count). The van der Waals surface area contributed by atoms with Crippen LogP contribution in [0.2, 0.25) is 0 Å². The average molecular weight is 327 g/mol. The summed E-state index contributed by atoms with van der Waals surface area (Å²) in [4.78, 5) is 0.327. The SMILES string of the molecule is Cc1ccc(S(=O)(=O)NCCCC2=CCc3ccccc32)cc1. The average Bonchev–Trinajstić information content (AvgIpc) is 2.95. The molecule has 3 nitrogen and oxygen atoms in total. The number of rotatable bonds is 6. The molecule has 23 heavy (non-hydrogen) atoms. The van der Waals surface area contributed by atoms with Crippen LogP contribution < -0.4 is 4.72 Å². The Kier molecular flexibility index (Phi) is 4.64. The number of aryl methyl sites for hydroxylation is 1. The van der Waals surface area contributed by atoms with E-state index in [-0.39, 0.29) is 0 Å². The summed E-state index contributed by atoms with van der Waals surface area (Å²) in [5.74, 6) is 0. The fraction of sp³-hybridized carbons (Fsp3) is 0.263. The van der Waals surface area contributed by atoms with Crippen LogP contribution in [-0.4, -0.2) is 15.0 Å². The highest BCUT2D eigenvalue weighted by Gasteiger charge is 2.15. The third-order valence-electron chi connectivity index (χ3n) is 4.18. The molecule has 0 aliphatic heterocycles. The Hall–Kier alpha value is -1.91. The van der Waals surface area contributed by atoms with E-state index >= 15 is 0 Å². The molecule has 0 amide bonds. The maximum atomic E-state index is 12.2. The highest BCUT2D eigenvalue weighted by Crippen LogP contribution is 2.30. The molecule has 4 heteroatoms. The Morgan fingerprint density at radius 3 is 2.57 bits per heavy atom. The van der Waals surface area contributed by atoms with Gasteiger partial charge in [-0.2, -0.15) is 0 Å². The van der Waals surface area contributed by atoms with Crippen LogP contribution >= 0.6 is 0 Å². The van der Waals surface area contributed by atoms with Crippen molar-refractivity contribution in [1.29, 1.82) is 0 Å². The lowest BCUT2D eigenvalue weighted by Crippen LogP contribution is -2.24. The maximum Gasteiger partial charge on any atom is 0.240 e. The molecule has 0 radical (unpaired) electrons. The topological polar surface area (TPSA) is 46.2 Å². The van der Waals surface area contributed by atoms with Crippen LogP contribution in [0.15, 0.2) is 59.5 Å². The number of hydrogen-bond acceptors (Lipinski definition) is 2. The van der Waals surface area contributed by atoms with Gasteiger partial charge in [-0.25, -0.2) is 13.1 Å². The zero-order valence-electron chi connectivity index (χ0n) is 13.2. The lowest BCUT2D eigenvalue weighted by Gasteiger charge is -2.08. The van der Waals surface area contributed by atoms with Crippen molar-refractivity contribution in [3.63, 3.8) is 0 Å². The molecule has 0 bridgehead atoms. The van der Waals surface area contributed by atoms with E-state index in [1.165, 1.54) is 16.7 Å². The molecule has 0 saturated carbocycles. The van der Waals surface area contributed by atoms with E-state index in [4.69, 9.17) is 0 Å². The molecule has 1 aliphatic carbocycles. The highest BCUT2D eigenvalue weighted by molar-refractivity contribution is 7.89. The normalized spacial score (nSPS) is 13.7. The van der Waals surface area contributed by atoms with Crippen LogP contribution in [0.1, 0.15) is 29.5 Å². The summed E-state index contributed by atoms with van der Waals surface area (Å²) in [5, 5.41) is 0. The van der Waals surface area contributed by atoms with Crippen LogP contribution in [-0.2, 0) is 16.4 Å². The van der Waals surface area contributed by atoms with Crippen molar-refractivity contribution in [3.05, 3.63) is 71.3 Å².